The Kier molecular flexibility index (Phi) is 4.99. The molecule has 132 valence electrons. The van der Waals surface area contributed by atoms with Crippen LogP contribution in [-0.4, -0.2) is 30.4 Å². The predicted molar refractivity (Wildman–Crippen MR) is 87.7 cm³/mol. The van der Waals surface area contributed by atoms with Crippen LogP contribution in [0.1, 0.15) is 5.56 Å². The lowest BCUT2D eigenvalue weighted by molar-refractivity contribution is -0.396. The average molecular weight is 367 g/mol. The number of aliphatic hydroxyl groups is 1. The second kappa shape index (κ2) is 6.83. The fourth-order valence-electron chi connectivity index (χ4n) is 2.08. The number of nitro groups is 2. The third kappa shape index (κ3) is 3.56. The van der Waals surface area contributed by atoms with Crippen molar-refractivity contribution in [2.75, 3.05) is 11.4 Å². The molecule has 0 heterocycles. The van der Waals surface area contributed by atoms with E-state index in [0.717, 1.165) is 16.4 Å². The van der Waals surface area contributed by atoms with Gasteiger partial charge in [0, 0.05) is 13.1 Å². The zero-order valence-corrected chi connectivity index (χ0v) is 13.7. The fraction of sp³-hybridized carbons (Fsp3) is 0.143. The minimum atomic E-state index is -4.32. The summed E-state index contributed by atoms with van der Waals surface area (Å²) in [7, 11) is -3.12. The highest BCUT2D eigenvalue weighted by atomic mass is 32.2. The van der Waals surface area contributed by atoms with Crippen molar-refractivity contribution in [1.29, 1.82) is 0 Å². The van der Waals surface area contributed by atoms with Gasteiger partial charge >= 0.3 is 0 Å². The molecule has 0 aliphatic carbocycles. The zero-order chi connectivity index (χ0) is 18.8. The summed E-state index contributed by atoms with van der Waals surface area (Å²) in [5, 5.41) is 30.9. The fourth-order valence-corrected chi connectivity index (χ4v) is 3.41. The Morgan fingerprint density at radius 3 is 2.12 bits per heavy atom. The third-order valence-electron chi connectivity index (χ3n) is 3.47. The van der Waals surface area contributed by atoms with E-state index in [9.17, 15) is 28.6 Å². The molecule has 0 amide bonds. The number of aliphatic hydroxyl groups excluding tert-OH is 1. The minimum absolute atomic E-state index is 0.213. The number of sulfonamides is 1. The van der Waals surface area contributed by atoms with Gasteiger partial charge in [0.15, 0.2) is 4.90 Å². The smallest absolute Gasteiger partial charge is 0.296 e. The molecule has 0 aliphatic rings. The Hall–Kier alpha value is -3.05. The van der Waals surface area contributed by atoms with Gasteiger partial charge in [0.25, 0.3) is 21.4 Å². The number of nitro benzene ring substituents is 2. The molecule has 0 fully saturated rings. The number of benzene rings is 2. The summed E-state index contributed by atoms with van der Waals surface area (Å²) in [5.74, 6) is 0. The third-order valence-corrected chi connectivity index (χ3v) is 5.30. The minimum Gasteiger partial charge on any atom is -0.392 e. The molecular formula is C14H13N3O7S. The van der Waals surface area contributed by atoms with Crippen molar-refractivity contribution in [3.63, 3.8) is 0 Å². The normalized spacial score (nSPS) is 11.1. The molecule has 0 aromatic heterocycles. The average Bonchev–Trinajstić information content (AvgIpc) is 2.60. The van der Waals surface area contributed by atoms with Gasteiger partial charge in [0.2, 0.25) is 0 Å². The summed E-state index contributed by atoms with van der Waals surface area (Å²) >= 11 is 0. The van der Waals surface area contributed by atoms with Crippen LogP contribution in [0.5, 0.6) is 0 Å². The quantitative estimate of drug-likeness (QED) is 0.605. The van der Waals surface area contributed by atoms with E-state index in [1.54, 1.807) is 0 Å². The molecule has 2 aromatic carbocycles. The van der Waals surface area contributed by atoms with Crippen LogP contribution in [-0.2, 0) is 16.6 Å². The van der Waals surface area contributed by atoms with E-state index in [1.807, 2.05) is 0 Å². The first-order valence-electron chi connectivity index (χ1n) is 6.80. The monoisotopic (exact) mass is 367 g/mol. The van der Waals surface area contributed by atoms with Gasteiger partial charge in [-0.25, -0.2) is 8.42 Å². The Balaban J connectivity index is 2.54. The number of anilines is 1. The molecule has 2 aromatic rings. The van der Waals surface area contributed by atoms with Gasteiger partial charge in [-0.05, 0) is 23.8 Å². The van der Waals surface area contributed by atoms with Crippen molar-refractivity contribution in [1.82, 2.24) is 0 Å². The van der Waals surface area contributed by atoms with Crippen LogP contribution in [0.2, 0.25) is 0 Å². The van der Waals surface area contributed by atoms with Gasteiger partial charge in [0.05, 0.1) is 28.2 Å². The van der Waals surface area contributed by atoms with Gasteiger partial charge in [-0.2, -0.15) is 0 Å². The highest BCUT2D eigenvalue weighted by Gasteiger charge is 2.31. The maximum Gasteiger partial charge on any atom is 0.296 e. The van der Waals surface area contributed by atoms with Crippen LogP contribution in [0.25, 0.3) is 0 Å². The summed E-state index contributed by atoms with van der Waals surface area (Å²) in [6, 6.07) is 8.21. The second-order valence-corrected chi connectivity index (χ2v) is 6.90. The Labute approximate surface area is 142 Å². The van der Waals surface area contributed by atoms with Crippen LogP contribution >= 0.6 is 0 Å². The molecule has 0 spiro atoms. The highest BCUT2D eigenvalue weighted by Crippen LogP contribution is 2.32. The second-order valence-electron chi connectivity index (χ2n) is 4.96. The van der Waals surface area contributed by atoms with E-state index in [2.05, 4.69) is 0 Å². The first kappa shape index (κ1) is 18.3. The summed E-state index contributed by atoms with van der Waals surface area (Å²) in [4.78, 5) is 19.4. The van der Waals surface area contributed by atoms with Crippen molar-refractivity contribution in [2.45, 2.75) is 11.5 Å². The standard InChI is InChI=1S/C14H13N3O7S/c1-15(11-4-2-10(9-18)3-5-11)25(23,24)14-7-6-12(16(19)20)8-13(14)17(21)22/h2-8,18H,9H2,1H3. The molecule has 0 radical (unpaired) electrons. The maximum atomic E-state index is 12.7. The van der Waals surface area contributed by atoms with Gasteiger partial charge in [0.1, 0.15) is 0 Å². The zero-order valence-electron chi connectivity index (χ0n) is 12.9. The van der Waals surface area contributed by atoms with Crippen molar-refractivity contribution >= 4 is 27.1 Å². The van der Waals surface area contributed by atoms with Crippen molar-refractivity contribution in [3.05, 3.63) is 68.3 Å². The van der Waals surface area contributed by atoms with E-state index >= 15 is 0 Å². The van der Waals surface area contributed by atoms with Gasteiger partial charge in [-0.15, -0.1) is 0 Å². The van der Waals surface area contributed by atoms with Crippen molar-refractivity contribution < 1.29 is 23.4 Å². The van der Waals surface area contributed by atoms with Gasteiger partial charge in [-0.3, -0.25) is 24.5 Å². The van der Waals surface area contributed by atoms with E-state index in [0.29, 0.717) is 11.6 Å². The lowest BCUT2D eigenvalue weighted by Crippen LogP contribution is -2.27. The SMILES string of the molecule is CN(c1ccc(CO)cc1)S(=O)(=O)c1ccc([N+](=O)[O-])cc1[N+](=O)[O-]. The number of non-ortho nitro benzene ring substituents is 1. The van der Waals surface area contributed by atoms with E-state index in [-0.39, 0.29) is 12.3 Å². The van der Waals surface area contributed by atoms with Crippen LogP contribution in [0, 0.1) is 20.2 Å². The first-order valence-corrected chi connectivity index (χ1v) is 8.24. The van der Waals surface area contributed by atoms with Crippen molar-refractivity contribution in [2.24, 2.45) is 0 Å². The molecule has 0 aliphatic heterocycles. The van der Waals surface area contributed by atoms with Crippen LogP contribution in [0.4, 0.5) is 17.1 Å². The summed E-state index contributed by atoms with van der Waals surface area (Å²) < 4.78 is 26.2. The molecule has 1 N–H and O–H groups in total. The van der Waals surface area contributed by atoms with Gasteiger partial charge < -0.3 is 5.11 Å². The molecule has 2 rings (SSSR count). The molecule has 0 unspecified atom stereocenters. The molecule has 11 heteroatoms. The van der Waals surface area contributed by atoms with Gasteiger partial charge in [-0.1, -0.05) is 12.1 Å². The molecular weight excluding hydrogens is 354 g/mol. The number of hydrogen-bond acceptors (Lipinski definition) is 7. The molecule has 0 saturated carbocycles. The van der Waals surface area contributed by atoms with Crippen LogP contribution in [0.3, 0.4) is 0 Å². The lowest BCUT2D eigenvalue weighted by Gasteiger charge is -2.19. The van der Waals surface area contributed by atoms with Crippen LogP contribution < -0.4 is 4.31 Å². The predicted octanol–water partition coefficient (Wildman–Crippen LogP) is 1.82. The van der Waals surface area contributed by atoms with E-state index in [1.165, 1.54) is 31.3 Å². The Bertz CT molecular complexity index is 926. The van der Waals surface area contributed by atoms with Crippen LogP contribution in [0.15, 0.2) is 47.4 Å². The number of hydrogen-bond donors (Lipinski definition) is 1. The molecule has 10 nitrogen and oxygen atoms in total. The topological polar surface area (TPSA) is 144 Å². The molecule has 0 saturated heterocycles. The largest absolute Gasteiger partial charge is 0.392 e. The van der Waals surface area contributed by atoms with E-state index in [4.69, 9.17) is 5.11 Å². The first-order chi connectivity index (χ1) is 11.7. The van der Waals surface area contributed by atoms with E-state index < -0.39 is 36.1 Å². The van der Waals surface area contributed by atoms with Crippen molar-refractivity contribution in [3.8, 4) is 0 Å². The maximum absolute atomic E-state index is 12.7. The molecule has 25 heavy (non-hydrogen) atoms. The lowest BCUT2D eigenvalue weighted by atomic mass is 10.2. The summed E-state index contributed by atoms with van der Waals surface area (Å²) in [6.07, 6.45) is 0. The highest BCUT2D eigenvalue weighted by molar-refractivity contribution is 7.93. The summed E-state index contributed by atoms with van der Waals surface area (Å²) in [6.45, 7) is -0.218. The molecule has 0 atom stereocenters. The number of nitrogens with zero attached hydrogens (tertiary/aromatic N) is 3. The number of rotatable bonds is 6. The molecule has 0 bridgehead atoms. The summed E-state index contributed by atoms with van der Waals surface area (Å²) in [5.41, 5.74) is -0.686. The Morgan fingerprint density at radius 2 is 1.64 bits per heavy atom. The Morgan fingerprint density at radius 1 is 1.04 bits per heavy atom.